The summed E-state index contributed by atoms with van der Waals surface area (Å²) >= 11 is 1.76. The van der Waals surface area contributed by atoms with Crippen LogP contribution in [-0.2, 0) is 11.3 Å². The van der Waals surface area contributed by atoms with E-state index in [1.165, 1.54) is 12.8 Å². The normalized spacial score (nSPS) is 19.7. The Morgan fingerprint density at radius 3 is 3.22 bits per heavy atom. The number of ether oxygens (including phenoxy) is 1. The van der Waals surface area contributed by atoms with Crippen LogP contribution < -0.4 is 5.73 Å². The van der Waals surface area contributed by atoms with Crippen molar-refractivity contribution in [3.63, 3.8) is 0 Å². The number of fused-ring (bicyclic) bond motifs is 1. The summed E-state index contributed by atoms with van der Waals surface area (Å²) in [5.41, 5.74) is 7.90. The van der Waals surface area contributed by atoms with Gasteiger partial charge in [-0.05, 0) is 25.0 Å². The minimum Gasteiger partial charge on any atom is -0.377 e. The lowest BCUT2D eigenvalue weighted by atomic mass is 10.3. The third-order valence-corrected chi connectivity index (χ3v) is 4.35. The highest BCUT2D eigenvalue weighted by atomic mass is 32.2. The molecule has 1 unspecified atom stereocenters. The molecule has 0 radical (unpaired) electrons. The van der Waals surface area contributed by atoms with Crippen molar-refractivity contribution in [2.75, 3.05) is 12.4 Å². The van der Waals surface area contributed by atoms with Crippen molar-refractivity contribution in [1.29, 1.82) is 0 Å². The van der Waals surface area contributed by atoms with E-state index in [2.05, 4.69) is 9.38 Å². The van der Waals surface area contributed by atoms with Gasteiger partial charge in [0, 0.05) is 25.1 Å². The minimum atomic E-state index is 0.380. The van der Waals surface area contributed by atoms with Crippen LogP contribution in [0.15, 0.2) is 29.4 Å². The van der Waals surface area contributed by atoms with Gasteiger partial charge in [0.1, 0.15) is 10.7 Å². The molecule has 5 heteroatoms. The summed E-state index contributed by atoms with van der Waals surface area (Å²) < 4.78 is 7.70. The SMILES string of the molecule is NCc1c(SCC2CCCO2)nc2ccccn12. The predicted molar refractivity (Wildman–Crippen MR) is 72.8 cm³/mol. The van der Waals surface area contributed by atoms with Gasteiger partial charge in [0.05, 0.1) is 11.8 Å². The maximum atomic E-state index is 5.84. The highest BCUT2D eigenvalue weighted by Gasteiger charge is 2.18. The number of hydrogen-bond acceptors (Lipinski definition) is 4. The molecule has 0 spiro atoms. The molecule has 96 valence electrons. The van der Waals surface area contributed by atoms with E-state index in [-0.39, 0.29) is 0 Å². The molecule has 1 atom stereocenters. The molecule has 2 N–H and O–H groups in total. The van der Waals surface area contributed by atoms with Crippen LogP contribution in [0.3, 0.4) is 0 Å². The third-order valence-electron chi connectivity index (χ3n) is 3.22. The minimum absolute atomic E-state index is 0.380. The zero-order valence-electron chi connectivity index (χ0n) is 10.2. The number of nitrogens with zero attached hydrogens (tertiary/aromatic N) is 2. The molecule has 3 heterocycles. The molecule has 0 amide bonds. The van der Waals surface area contributed by atoms with E-state index in [0.29, 0.717) is 12.6 Å². The zero-order valence-corrected chi connectivity index (χ0v) is 11.0. The standard InChI is InChI=1S/C13H17N3OS/c14-8-11-13(18-9-10-4-3-7-17-10)15-12-5-1-2-6-16(11)12/h1-2,5-6,10H,3-4,7-9,14H2. The van der Waals surface area contributed by atoms with Gasteiger partial charge in [-0.25, -0.2) is 4.98 Å². The Balaban J connectivity index is 1.81. The first-order chi connectivity index (χ1) is 8.88. The first-order valence-electron chi connectivity index (χ1n) is 6.29. The molecule has 4 nitrogen and oxygen atoms in total. The van der Waals surface area contributed by atoms with E-state index < -0.39 is 0 Å². The van der Waals surface area contributed by atoms with Crippen LogP contribution in [0.1, 0.15) is 18.5 Å². The van der Waals surface area contributed by atoms with Crippen molar-refractivity contribution in [2.45, 2.75) is 30.5 Å². The van der Waals surface area contributed by atoms with Gasteiger partial charge in [-0.15, -0.1) is 11.8 Å². The average molecular weight is 263 g/mol. The number of hydrogen-bond donors (Lipinski definition) is 1. The monoisotopic (exact) mass is 263 g/mol. The number of rotatable bonds is 4. The maximum absolute atomic E-state index is 5.84. The van der Waals surface area contributed by atoms with Crippen LogP contribution in [0.4, 0.5) is 0 Å². The molecule has 0 saturated carbocycles. The molecule has 2 aromatic rings. The van der Waals surface area contributed by atoms with Crippen LogP contribution in [0.25, 0.3) is 5.65 Å². The zero-order chi connectivity index (χ0) is 12.4. The first-order valence-corrected chi connectivity index (χ1v) is 7.27. The maximum Gasteiger partial charge on any atom is 0.138 e. The van der Waals surface area contributed by atoms with Gasteiger partial charge in [-0.2, -0.15) is 0 Å². The Morgan fingerprint density at radius 1 is 1.50 bits per heavy atom. The Bertz CT molecular complexity index is 534. The van der Waals surface area contributed by atoms with Gasteiger partial charge >= 0.3 is 0 Å². The molecule has 1 fully saturated rings. The largest absolute Gasteiger partial charge is 0.377 e. The van der Waals surface area contributed by atoms with Gasteiger partial charge in [0.15, 0.2) is 0 Å². The highest BCUT2D eigenvalue weighted by Crippen LogP contribution is 2.26. The number of imidazole rings is 1. The summed E-state index contributed by atoms with van der Waals surface area (Å²) in [5, 5.41) is 1.04. The van der Waals surface area contributed by atoms with Gasteiger partial charge in [-0.3, -0.25) is 0 Å². The topological polar surface area (TPSA) is 52.5 Å². The van der Waals surface area contributed by atoms with Crippen molar-refractivity contribution >= 4 is 17.4 Å². The van der Waals surface area contributed by atoms with Crippen LogP contribution in [0.5, 0.6) is 0 Å². The molecule has 0 aromatic carbocycles. The third kappa shape index (κ3) is 2.25. The molecule has 0 bridgehead atoms. The lowest BCUT2D eigenvalue weighted by Gasteiger charge is -2.07. The van der Waals surface area contributed by atoms with Gasteiger partial charge in [0.2, 0.25) is 0 Å². The first kappa shape index (κ1) is 12.0. The smallest absolute Gasteiger partial charge is 0.138 e. The highest BCUT2D eigenvalue weighted by molar-refractivity contribution is 7.99. The van der Waals surface area contributed by atoms with Gasteiger partial charge in [-0.1, -0.05) is 6.07 Å². The Kier molecular flexibility index (Phi) is 3.54. The van der Waals surface area contributed by atoms with Crippen LogP contribution in [0.2, 0.25) is 0 Å². The van der Waals surface area contributed by atoms with E-state index in [4.69, 9.17) is 10.5 Å². The number of pyridine rings is 1. The Labute approximate surface area is 111 Å². The summed E-state index contributed by atoms with van der Waals surface area (Å²) in [6, 6.07) is 6.01. The van der Waals surface area contributed by atoms with E-state index in [1.807, 2.05) is 24.4 Å². The summed E-state index contributed by atoms with van der Waals surface area (Å²) in [6.07, 6.45) is 4.74. The van der Waals surface area contributed by atoms with Crippen molar-refractivity contribution in [1.82, 2.24) is 9.38 Å². The van der Waals surface area contributed by atoms with Gasteiger partial charge < -0.3 is 14.9 Å². The number of aromatic nitrogens is 2. The van der Waals surface area contributed by atoms with Crippen molar-refractivity contribution in [3.05, 3.63) is 30.1 Å². The lowest BCUT2D eigenvalue weighted by molar-refractivity contribution is 0.129. The van der Waals surface area contributed by atoms with Crippen molar-refractivity contribution in [2.24, 2.45) is 5.73 Å². The molecule has 3 rings (SSSR count). The predicted octanol–water partition coefficient (Wildman–Crippen LogP) is 2.06. The summed E-state index contributed by atoms with van der Waals surface area (Å²) in [4.78, 5) is 4.63. The molecular formula is C13H17N3OS. The second kappa shape index (κ2) is 5.30. The average Bonchev–Trinajstić information content (AvgIpc) is 3.03. The Hall–Kier alpha value is -1.04. The van der Waals surface area contributed by atoms with Crippen LogP contribution >= 0.6 is 11.8 Å². The molecule has 1 saturated heterocycles. The lowest BCUT2D eigenvalue weighted by Crippen LogP contribution is -2.08. The second-order valence-corrected chi connectivity index (χ2v) is 5.45. The van der Waals surface area contributed by atoms with Crippen LogP contribution in [0, 0.1) is 0 Å². The van der Waals surface area contributed by atoms with E-state index in [1.54, 1.807) is 11.8 Å². The quantitative estimate of drug-likeness (QED) is 0.858. The summed E-state index contributed by atoms with van der Waals surface area (Å²) in [6.45, 7) is 1.42. The fourth-order valence-corrected chi connectivity index (χ4v) is 3.39. The van der Waals surface area contributed by atoms with E-state index in [9.17, 15) is 0 Å². The second-order valence-electron chi connectivity index (χ2n) is 4.44. The number of thioether (sulfide) groups is 1. The molecule has 0 aliphatic carbocycles. The van der Waals surface area contributed by atoms with E-state index in [0.717, 1.165) is 28.7 Å². The molecule has 1 aliphatic rings. The van der Waals surface area contributed by atoms with Crippen molar-refractivity contribution < 1.29 is 4.74 Å². The summed E-state index contributed by atoms with van der Waals surface area (Å²) in [7, 11) is 0. The van der Waals surface area contributed by atoms with Crippen LogP contribution in [-0.4, -0.2) is 27.8 Å². The molecule has 1 aliphatic heterocycles. The molecule has 18 heavy (non-hydrogen) atoms. The van der Waals surface area contributed by atoms with Gasteiger partial charge in [0.25, 0.3) is 0 Å². The van der Waals surface area contributed by atoms with Crippen molar-refractivity contribution in [3.8, 4) is 0 Å². The molecule has 2 aromatic heterocycles. The fourth-order valence-electron chi connectivity index (χ4n) is 2.27. The Morgan fingerprint density at radius 2 is 2.44 bits per heavy atom. The van der Waals surface area contributed by atoms with E-state index >= 15 is 0 Å². The molecular weight excluding hydrogens is 246 g/mol. The number of nitrogens with two attached hydrogens (primary N) is 1. The fraction of sp³-hybridized carbons (Fsp3) is 0.462. The summed E-state index contributed by atoms with van der Waals surface area (Å²) in [5.74, 6) is 0.969.